The van der Waals surface area contributed by atoms with Crippen molar-refractivity contribution in [2.45, 2.75) is 26.7 Å². The fourth-order valence-corrected chi connectivity index (χ4v) is 8.37. The van der Waals surface area contributed by atoms with Gasteiger partial charge in [-0.15, -0.1) is 0 Å². The van der Waals surface area contributed by atoms with Crippen molar-refractivity contribution >= 4 is 45.9 Å². The maximum atomic E-state index is 14.9. The Labute approximate surface area is 188 Å². The Morgan fingerprint density at radius 3 is 1.66 bits per heavy atom. The Hall–Kier alpha value is -1.90. The van der Waals surface area contributed by atoms with E-state index in [2.05, 4.69) is 66.8 Å². The topological polar surface area (TPSA) is 17.1 Å². The molecule has 0 bridgehead atoms. The number of hydrogen-bond acceptors (Lipinski definition) is 1. The maximum Gasteiger partial charge on any atom is 0.177 e. The van der Waals surface area contributed by atoms with Gasteiger partial charge in [0.15, 0.2) is 7.14 Å². The van der Waals surface area contributed by atoms with E-state index in [9.17, 15) is 4.57 Å². The van der Waals surface area contributed by atoms with E-state index in [4.69, 9.17) is 0 Å². The predicted molar refractivity (Wildman–Crippen MR) is 136 cm³/mol. The van der Waals surface area contributed by atoms with Crippen LogP contribution in [-0.2, 0) is 4.57 Å². The van der Waals surface area contributed by atoms with Gasteiger partial charge >= 0.3 is 0 Å². The van der Waals surface area contributed by atoms with Crippen molar-refractivity contribution in [2.24, 2.45) is 0 Å². The average Bonchev–Trinajstić information content (AvgIpc) is 2.80. The first-order chi connectivity index (χ1) is 14.1. The standard InChI is InChI=1S/C26H26IOP/c1-3-14-21(4-2)25(22-15-8-5-9-16-22)26(27)29(28,23-17-10-6-11-18-23)24-19-12-7-13-20-24/h5-20H,3-4H2,1-2H3/b21-14+,26-25-. The molecular weight excluding hydrogens is 486 g/mol. The molecule has 0 saturated heterocycles. The highest BCUT2D eigenvalue weighted by Crippen LogP contribution is 2.58. The summed E-state index contributed by atoms with van der Waals surface area (Å²) in [7, 11) is -3.00. The highest BCUT2D eigenvalue weighted by atomic mass is 127. The second-order valence-corrected chi connectivity index (χ2v) is 11.4. The van der Waals surface area contributed by atoms with Crippen molar-refractivity contribution in [1.82, 2.24) is 0 Å². The van der Waals surface area contributed by atoms with Crippen LogP contribution in [0.2, 0.25) is 0 Å². The van der Waals surface area contributed by atoms with E-state index < -0.39 is 7.14 Å². The normalized spacial score (nSPS) is 13.1. The molecule has 0 amide bonds. The van der Waals surface area contributed by atoms with Gasteiger partial charge < -0.3 is 4.57 Å². The van der Waals surface area contributed by atoms with Crippen molar-refractivity contribution in [3.8, 4) is 0 Å². The summed E-state index contributed by atoms with van der Waals surface area (Å²) in [6.07, 6.45) is 4.11. The monoisotopic (exact) mass is 512 g/mol. The summed E-state index contributed by atoms with van der Waals surface area (Å²) >= 11 is 2.35. The van der Waals surface area contributed by atoms with Crippen LogP contribution < -0.4 is 10.6 Å². The van der Waals surface area contributed by atoms with E-state index in [0.717, 1.165) is 37.9 Å². The zero-order valence-corrected chi connectivity index (χ0v) is 19.9. The van der Waals surface area contributed by atoms with Crippen LogP contribution in [0.3, 0.4) is 0 Å². The van der Waals surface area contributed by atoms with E-state index >= 15 is 0 Å². The van der Waals surface area contributed by atoms with E-state index in [0.29, 0.717) is 0 Å². The molecule has 0 fully saturated rings. The molecule has 0 radical (unpaired) electrons. The van der Waals surface area contributed by atoms with Crippen molar-refractivity contribution < 1.29 is 4.57 Å². The maximum absolute atomic E-state index is 14.9. The van der Waals surface area contributed by atoms with Gasteiger partial charge in [-0.05, 0) is 46.6 Å². The molecule has 3 aromatic rings. The summed E-state index contributed by atoms with van der Waals surface area (Å²) in [5.41, 5.74) is 3.47. The van der Waals surface area contributed by atoms with Gasteiger partial charge in [0.05, 0.1) is 3.32 Å². The smallest absolute Gasteiger partial charge is 0.177 e. The molecule has 29 heavy (non-hydrogen) atoms. The van der Waals surface area contributed by atoms with Crippen molar-refractivity contribution in [3.05, 3.63) is 112 Å². The summed E-state index contributed by atoms with van der Waals surface area (Å²) in [5.74, 6) is 0. The number of allylic oxidation sites excluding steroid dienone is 3. The van der Waals surface area contributed by atoms with Crippen LogP contribution in [0.5, 0.6) is 0 Å². The first-order valence-electron chi connectivity index (χ1n) is 9.99. The fourth-order valence-electron chi connectivity index (χ4n) is 3.52. The molecule has 0 saturated carbocycles. The highest BCUT2D eigenvalue weighted by molar-refractivity contribution is 14.1. The molecule has 0 N–H and O–H groups in total. The van der Waals surface area contributed by atoms with Crippen LogP contribution in [0.1, 0.15) is 32.3 Å². The average molecular weight is 512 g/mol. The molecule has 0 heterocycles. The van der Waals surface area contributed by atoms with E-state index in [1.165, 1.54) is 5.57 Å². The summed E-state index contributed by atoms with van der Waals surface area (Å²) in [6, 6.07) is 30.2. The third kappa shape index (κ3) is 4.65. The van der Waals surface area contributed by atoms with Crippen LogP contribution in [0.15, 0.2) is 106 Å². The van der Waals surface area contributed by atoms with Crippen molar-refractivity contribution in [3.63, 3.8) is 0 Å². The van der Waals surface area contributed by atoms with Gasteiger partial charge in [0.25, 0.3) is 0 Å². The summed E-state index contributed by atoms with van der Waals surface area (Å²) < 4.78 is 15.8. The molecular formula is C26H26IOP. The lowest BCUT2D eigenvalue weighted by molar-refractivity contribution is 0.592. The van der Waals surface area contributed by atoms with E-state index in [-0.39, 0.29) is 0 Å². The minimum Gasteiger partial charge on any atom is -0.308 e. The third-order valence-electron chi connectivity index (χ3n) is 4.94. The lowest BCUT2D eigenvalue weighted by Crippen LogP contribution is -2.16. The van der Waals surface area contributed by atoms with Crippen LogP contribution in [0.25, 0.3) is 5.57 Å². The van der Waals surface area contributed by atoms with Crippen LogP contribution in [-0.4, -0.2) is 0 Å². The molecule has 0 aliphatic heterocycles. The largest absolute Gasteiger partial charge is 0.308 e. The lowest BCUT2D eigenvalue weighted by atomic mass is 9.97. The minimum atomic E-state index is -3.00. The Bertz CT molecular complexity index is 994. The Morgan fingerprint density at radius 2 is 1.24 bits per heavy atom. The van der Waals surface area contributed by atoms with Gasteiger partial charge in [0, 0.05) is 16.2 Å². The van der Waals surface area contributed by atoms with Crippen molar-refractivity contribution in [1.29, 1.82) is 0 Å². The highest BCUT2D eigenvalue weighted by Gasteiger charge is 2.33. The molecule has 148 valence electrons. The molecule has 0 aliphatic rings. The van der Waals surface area contributed by atoms with Crippen LogP contribution >= 0.6 is 29.7 Å². The van der Waals surface area contributed by atoms with Crippen molar-refractivity contribution in [2.75, 3.05) is 0 Å². The fraction of sp³-hybridized carbons (Fsp3) is 0.154. The number of benzene rings is 3. The minimum absolute atomic E-state index is 0.871. The summed E-state index contributed by atoms with van der Waals surface area (Å²) in [4.78, 5) is 0. The van der Waals surface area contributed by atoms with Crippen LogP contribution in [0.4, 0.5) is 0 Å². The molecule has 0 aliphatic carbocycles. The van der Waals surface area contributed by atoms with Gasteiger partial charge in [0.1, 0.15) is 0 Å². The van der Waals surface area contributed by atoms with E-state index in [1.54, 1.807) is 0 Å². The van der Waals surface area contributed by atoms with E-state index in [1.807, 2.05) is 66.7 Å². The molecule has 3 rings (SSSR count). The zero-order valence-electron chi connectivity index (χ0n) is 16.9. The predicted octanol–water partition coefficient (Wildman–Crippen LogP) is 7.55. The second kappa shape index (κ2) is 10.2. The first kappa shape index (κ1) is 21.8. The number of hydrogen-bond donors (Lipinski definition) is 0. The van der Waals surface area contributed by atoms with Gasteiger partial charge in [-0.2, -0.15) is 0 Å². The Kier molecular flexibility index (Phi) is 7.69. The quantitative estimate of drug-likeness (QED) is 0.182. The van der Waals surface area contributed by atoms with Gasteiger partial charge in [-0.1, -0.05) is 111 Å². The zero-order chi connectivity index (χ0) is 20.7. The number of rotatable bonds is 7. The molecule has 0 aromatic heterocycles. The molecule has 3 aromatic carbocycles. The second-order valence-electron chi connectivity index (χ2n) is 6.80. The third-order valence-corrected chi connectivity index (χ3v) is 10.3. The summed E-state index contributed by atoms with van der Waals surface area (Å²) in [5, 5.41) is 1.74. The molecule has 0 unspecified atom stereocenters. The first-order valence-corrected chi connectivity index (χ1v) is 12.8. The molecule has 0 atom stereocenters. The van der Waals surface area contributed by atoms with Crippen LogP contribution in [0, 0.1) is 0 Å². The molecule has 0 spiro atoms. The lowest BCUT2D eigenvalue weighted by Gasteiger charge is -2.24. The SMILES string of the molecule is CC/C=C(CC)/C(=C(\I)P(=O)(c1ccccc1)c1ccccc1)c1ccccc1. The molecule has 3 heteroatoms. The molecule has 1 nitrogen and oxygen atoms in total. The van der Waals surface area contributed by atoms with Gasteiger partial charge in [-0.3, -0.25) is 0 Å². The van der Waals surface area contributed by atoms with Gasteiger partial charge in [0.2, 0.25) is 0 Å². The van der Waals surface area contributed by atoms with Gasteiger partial charge in [-0.25, -0.2) is 0 Å². The Balaban J connectivity index is 2.39. The summed E-state index contributed by atoms with van der Waals surface area (Å²) in [6.45, 7) is 4.32. The Morgan fingerprint density at radius 1 is 0.793 bits per heavy atom. The number of halogens is 1.